The Morgan fingerprint density at radius 3 is 2.44 bits per heavy atom. The van der Waals surface area contributed by atoms with Gasteiger partial charge in [0.05, 0.1) is 28.6 Å². The fraction of sp³-hybridized carbons (Fsp3) is 0.280. The van der Waals surface area contributed by atoms with Crippen LogP contribution in [0.3, 0.4) is 0 Å². The fourth-order valence-corrected chi connectivity index (χ4v) is 4.65. The summed E-state index contributed by atoms with van der Waals surface area (Å²) in [5, 5.41) is 4.46. The predicted octanol–water partition coefficient (Wildman–Crippen LogP) is 3.15. The lowest BCUT2D eigenvalue weighted by Crippen LogP contribution is -2.50. The highest BCUT2D eigenvalue weighted by molar-refractivity contribution is 6.33. The number of fused-ring (bicyclic) bond motifs is 1. The summed E-state index contributed by atoms with van der Waals surface area (Å²) in [5.74, 6) is 0.964. The van der Waals surface area contributed by atoms with Crippen LogP contribution in [0.1, 0.15) is 12.7 Å². The van der Waals surface area contributed by atoms with Crippen LogP contribution in [-0.4, -0.2) is 56.3 Å². The first kappa shape index (κ1) is 22.2. The normalized spacial score (nSPS) is 14.1. The summed E-state index contributed by atoms with van der Waals surface area (Å²) in [7, 11) is 0. The van der Waals surface area contributed by atoms with Crippen LogP contribution in [0.15, 0.2) is 65.6 Å². The number of benzene rings is 2. The van der Waals surface area contributed by atoms with E-state index in [9.17, 15) is 9.59 Å². The summed E-state index contributed by atoms with van der Waals surface area (Å²) in [4.78, 5) is 34.5. The standard InChI is InChI=1S/C25H25ClN6O2/c1-2-22-28-19-10-6-7-11-20(19)31(22)17-23(33)30-14-12-29(13-15-30)21-16-27-32(25(34)24(21)26)18-8-4-3-5-9-18/h3-11,16H,2,12-15,17H2,1H3. The summed E-state index contributed by atoms with van der Waals surface area (Å²) >= 11 is 6.46. The number of piperazine rings is 1. The zero-order chi connectivity index (χ0) is 23.7. The lowest BCUT2D eigenvalue weighted by molar-refractivity contribution is -0.132. The minimum Gasteiger partial charge on any atom is -0.365 e. The Balaban J connectivity index is 1.29. The number of nitrogens with zero attached hydrogens (tertiary/aromatic N) is 6. The van der Waals surface area contributed by atoms with E-state index < -0.39 is 0 Å². The SMILES string of the molecule is CCc1nc2ccccc2n1CC(=O)N1CCN(c2cnn(-c3ccccc3)c(=O)c2Cl)CC1. The van der Waals surface area contributed by atoms with Crippen molar-refractivity contribution in [2.24, 2.45) is 0 Å². The first-order valence-electron chi connectivity index (χ1n) is 11.4. The second-order valence-electron chi connectivity index (χ2n) is 8.22. The molecular weight excluding hydrogens is 452 g/mol. The summed E-state index contributed by atoms with van der Waals surface area (Å²) in [6.45, 7) is 4.56. The molecule has 0 spiro atoms. The highest BCUT2D eigenvalue weighted by atomic mass is 35.5. The van der Waals surface area contributed by atoms with Crippen LogP contribution in [0.2, 0.25) is 5.02 Å². The molecule has 0 radical (unpaired) electrons. The first-order chi connectivity index (χ1) is 16.6. The Kier molecular flexibility index (Phi) is 6.06. The zero-order valence-corrected chi connectivity index (χ0v) is 19.6. The lowest BCUT2D eigenvalue weighted by Gasteiger charge is -2.36. The van der Waals surface area contributed by atoms with Gasteiger partial charge in [-0.3, -0.25) is 9.59 Å². The number of para-hydroxylation sites is 3. The van der Waals surface area contributed by atoms with Gasteiger partial charge in [0, 0.05) is 32.6 Å². The fourth-order valence-electron chi connectivity index (χ4n) is 4.40. The molecule has 34 heavy (non-hydrogen) atoms. The number of imidazole rings is 1. The van der Waals surface area contributed by atoms with Gasteiger partial charge < -0.3 is 14.4 Å². The minimum atomic E-state index is -0.358. The van der Waals surface area contributed by atoms with E-state index in [2.05, 4.69) is 10.1 Å². The lowest BCUT2D eigenvalue weighted by atomic mass is 10.2. The minimum absolute atomic E-state index is 0.0567. The molecule has 0 N–H and O–H groups in total. The average molecular weight is 477 g/mol. The molecule has 0 saturated carbocycles. The van der Waals surface area contributed by atoms with Gasteiger partial charge in [0.25, 0.3) is 5.56 Å². The van der Waals surface area contributed by atoms with Crippen molar-refractivity contribution in [3.63, 3.8) is 0 Å². The summed E-state index contributed by atoms with van der Waals surface area (Å²) in [6, 6.07) is 17.1. The number of carbonyl (C=O) groups excluding carboxylic acids is 1. The van der Waals surface area contributed by atoms with Crippen LogP contribution in [0.4, 0.5) is 5.69 Å². The van der Waals surface area contributed by atoms with Gasteiger partial charge in [0.1, 0.15) is 17.4 Å². The van der Waals surface area contributed by atoms with Gasteiger partial charge in [-0.05, 0) is 24.3 Å². The van der Waals surface area contributed by atoms with Crippen LogP contribution in [0, 0.1) is 0 Å². The van der Waals surface area contributed by atoms with Gasteiger partial charge in [-0.1, -0.05) is 48.9 Å². The van der Waals surface area contributed by atoms with Crippen molar-refractivity contribution in [2.75, 3.05) is 31.1 Å². The maximum absolute atomic E-state index is 13.1. The predicted molar refractivity (Wildman–Crippen MR) is 133 cm³/mol. The van der Waals surface area contributed by atoms with Crippen molar-refractivity contribution in [2.45, 2.75) is 19.9 Å². The van der Waals surface area contributed by atoms with Crippen molar-refractivity contribution in [1.29, 1.82) is 0 Å². The molecule has 1 fully saturated rings. The maximum atomic E-state index is 13.1. The molecule has 1 saturated heterocycles. The molecule has 1 amide bonds. The molecule has 1 aliphatic rings. The maximum Gasteiger partial charge on any atom is 0.292 e. The molecule has 8 nitrogen and oxygen atoms in total. The Hall–Kier alpha value is -3.65. The van der Waals surface area contributed by atoms with E-state index in [4.69, 9.17) is 11.6 Å². The molecule has 0 bridgehead atoms. The number of rotatable bonds is 5. The molecule has 2 aromatic carbocycles. The van der Waals surface area contributed by atoms with E-state index in [0.717, 1.165) is 23.3 Å². The van der Waals surface area contributed by atoms with Crippen molar-refractivity contribution in [1.82, 2.24) is 24.2 Å². The quantitative estimate of drug-likeness (QED) is 0.442. The third kappa shape index (κ3) is 4.05. The number of anilines is 1. The molecule has 1 aliphatic heterocycles. The third-order valence-corrected chi connectivity index (χ3v) is 6.57. The van der Waals surface area contributed by atoms with Crippen LogP contribution in [-0.2, 0) is 17.8 Å². The average Bonchev–Trinajstić information content (AvgIpc) is 3.23. The number of hydrogen-bond donors (Lipinski definition) is 0. The monoisotopic (exact) mass is 476 g/mol. The van der Waals surface area contributed by atoms with E-state index in [-0.39, 0.29) is 23.0 Å². The van der Waals surface area contributed by atoms with Crippen molar-refractivity contribution < 1.29 is 4.79 Å². The van der Waals surface area contributed by atoms with Gasteiger partial charge >= 0.3 is 0 Å². The Morgan fingerprint density at radius 1 is 1.00 bits per heavy atom. The Morgan fingerprint density at radius 2 is 1.71 bits per heavy atom. The highest BCUT2D eigenvalue weighted by Crippen LogP contribution is 2.23. The number of aryl methyl sites for hydroxylation is 1. The van der Waals surface area contributed by atoms with E-state index in [1.165, 1.54) is 4.68 Å². The Bertz CT molecular complexity index is 1390. The molecule has 0 atom stereocenters. The number of hydrogen-bond acceptors (Lipinski definition) is 5. The van der Waals surface area contributed by atoms with Gasteiger partial charge in [-0.15, -0.1) is 0 Å². The van der Waals surface area contributed by atoms with Crippen molar-refractivity contribution in [3.05, 3.63) is 82.0 Å². The molecule has 2 aromatic heterocycles. The molecule has 174 valence electrons. The van der Waals surface area contributed by atoms with E-state index in [1.807, 2.05) is 75.9 Å². The number of aromatic nitrogens is 4. The molecule has 5 rings (SSSR count). The van der Waals surface area contributed by atoms with E-state index in [0.29, 0.717) is 37.6 Å². The smallest absolute Gasteiger partial charge is 0.292 e. The first-order valence-corrected chi connectivity index (χ1v) is 11.7. The number of halogens is 1. The molecule has 3 heterocycles. The molecule has 0 unspecified atom stereocenters. The summed E-state index contributed by atoms with van der Waals surface area (Å²) < 4.78 is 3.31. The molecular formula is C25H25ClN6O2. The second kappa shape index (κ2) is 9.30. The zero-order valence-electron chi connectivity index (χ0n) is 18.9. The van der Waals surface area contributed by atoms with E-state index in [1.54, 1.807) is 6.20 Å². The summed E-state index contributed by atoms with van der Waals surface area (Å²) in [5.41, 5.74) is 2.78. The van der Waals surface area contributed by atoms with Crippen LogP contribution >= 0.6 is 11.6 Å². The second-order valence-corrected chi connectivity index (χ2v) is 8.60. The number of amides is 1. The van der Waals surface area contributed by atoms with Crippen molar-refractivity contribution >= 4 is 34.2 Å². The third-order valence-electron chi connectivity index (χ3n) is 6.22. The van der Waals surface area contributed by atoms with Gasteiger partial charge in [-0.2, -0.15) is 9.78 Å². The molecule has 4 aromatic rings. The van der Waals surface area contributed by atoms with Crippen LogP contribution in [0.5, 0.6) is 0 Å². The topological polar surface area (TPSA) is 76.3 Å². The largest absolute Gasteiger partial charge is 0.365 e. The van der Waals surface area contributed by atoms with Gasteiger partial charge in [-0.25, -0.2) is 4.98 Å². The summed E-state index contributed by atoms with van der Waals surface area (Å²) in [6.07, 6.45) is 2.38. The van der Waals surface area contributed by atoms with Crippen LogP contribution < -0.4 is 10.5 Å². The van der Waals surface area contributed by atoms with Crippen molar-refractivity contribution in [3.8, 4) is 5.69 Å². The van der Waals surface area contributed by atoms with E-state index >= 15 is 0 Å². The van der Waals surface area contributed by atoms with Crippen LogP contribution in [0.25, 0.3) is 16.7 Å². The highest BCUT2D eigenvalue weighted by Gasteiger charge is 2.25. The number of carbonyl (C=O) groups is 1. The van der Waals surface area contributed by atoms with Gasteiger partial charge in [0.2, 0.25) is 5.91 Å². The Labute approximate surface area is 202 Å². The molecule has 0 aliphatic carbocycles. The molecule has 9 heteroatoms. The van der Waals surface area contributed by atoms with Gasteiger partial charge in [0.15, 0.2) is 0 Å².